The summed E-state index contributed by atoms with van der Waals surface area (Å²) >= 11 is 1.40. The van der Waals surface area contributed by atoms with Gasteiger partial charge < -0.3 is 15.3 Å². The van der Waals surface area contributed by atoms with Gasteiger partial charge >= 0.3 is 5.97 Å². The van der Waals surface area contributed by atoms with Crippen molar-refractivity contribution in [2.45, 2.75) is 13.0 Å². The van der Waals surface area contributed by atoms with Crippen LogP contribution in [0.15, 0.2) is 0 Å². The molecular formula is C12H20N4O2S. The van der Waals surface area contributed by atoms with Gasteiger partial charge in [-0.2, -0.15) is 0 Å². The number of carboxylic acid groups (broad SMARTS) is 1. The highest BCUT2D eigenvalue weighted by molar-refractivity contribution is 7.15. The van der Waals surface area contributed by atoms with Gasteiger partial charge in [-0.05, 0) is 21.0 Å². The summed E-state index contributed by atoms with van der Waals surface area (Å²) in [5, 5.41) is 12.9. The van der Waals surface area contributed by atoms with Crippen molar-refractivity contribution in [3.05, 3.63) is 10.6 Å². The zero-order valence-electron chi connectivity index (χ0n) is 11.5. The number of hydrogen-bond acceptors (Lipinski definition) is 6. The predicted octanol–water partition coefficient (Wildman–Crippen LogP) is 0.807. The predicted molar refractivity (Wildman–Crippen MR) is 76.2 cm³/mol. The van der Waals surface area contributed by atoms with Crippen LogP contribution < -0.4 is 5.32 Å². The molecule has 0 spiro atoms. The molecule has 0 saturated carbocycles. The summed E-state index contributed by atoms with van der Waals surface area (Å²) in [6.07, 6.45) is 0. The van der Waals surface area contributed by atoms with Crippen molar-refractivity contribution in [3.8, 4) is 0 Å². The van der Waals surface area contributed by atoms with E-state index < -0.39 is 5.97 Å². The summed E-state index contributed by atoms with van der Waals surface area (Å²) in [6, 6.07) is 0.427. The first kappa shape index (κ1) is 14.2. The number of piperazine rings is 1. The molecule has 1 atom stereocenters. The number of anilines is 1. The molecule has 1 aliphatic heterocycles. The number of aryl methyl sites for hydroxylation is 1. The molecule has 2 heterocycles. The van der Waals surface area contributed by atoms with Gasteiger partial charge in [0.25, 0.3) is 0 Å². The third-order valence-corrected chi connectivity index (χ3v) is 4.40. The topological polar surface area (TPSA) is 68.7 Å². The Kier molecular flexibility index (Phi) is 4.38. The van der Waals surface area contributed by atoms with Crippen molar-refractivity contribution >= 4 is 22.4 Å². The number of nitrogens with zero attached hydrogens (tertiary/aromatic N) is 3. The summed E-state index contributed by atoms with van der Waals surface area (Å²) in [7, 11) is 4.24. The minimum atomic E-state index is -0.962. The van der Waals surface area contributed by atoms with E-state index in [0.29, 0.717) is 11.2 Å². The maximum atomic E-state index is 10.9. The third kappa shape index (κ3) is 3.43. The lowest BCUT2D eigenvalue weighted by Gasteiger charge is -2.37. The van der Waals surface area contributed by atoms with Crippen LogP contribution in [-0.4, -0.2) is 72.2 Å². The lowest BCUT2D eigenvalue weighted by atomic mass is 10.2. The molecule has 1 aromatic rings. The van der Waals surface area contributed by atoms with Crippen LogP contribution in [0.5, 0.6) is 0 Å². The zero-order valence-corrected chi connectivity index (χ0v) is 12.3. The Labute approximate surface area is 117 Å². The molecule has 0 radical (unpaired) electrons. The molecule has 1 fully saturated rings. The van der Waals surface area contributed by atoms with Crippen molar-refractivity contribution in [2.24, 2.45) is 0 Å². The molecule has 19 heavy (non-hydrogen) atoms. The molecule has 0 aromatic carbocycles. The lowest BCUT2D eigenvalue weighted by Crippen LogP contribution is -2.52. The van der Waals surface area contributed by atoms with Crippen LogP contribution in [0.2, 0.25) is 0 Å². The Balaban J connectivity index is 1.94. The first-order valence-electron chi connectivity index (χ1n) is 6.30. The minimum Gasteiger partial charge on any atom is -0.476 e. The quantitative estimate of drug-likeness (QED) is 0.853. The Bertz CT molecular complexity index is 463. The van der Waals surface area contributed by atoms with Crippen molar-refractivity contribution in [1.82, 2.24) is 14.8 Å². The Morgan fingerprint density at radius 1 is 1.53 bits per heavy atom. The highest BCUT2D eigenvalue weighted by Gasteiger charge is 2.22. The molecule has 1 aliphatic rings. The van der Waals surface area contributed by atoms with Gasteiger partial charge in [0.05, 0.1) is 0 Å². The fourth-order valence-electron chi connectivity index (χ4n) is 2.20. The van der Waals surface area contributed by atoms with Gasteiger partial charge in [-0.15, -0.1) is 11.3 Å². The van der Waals surface area contributed by atoms with Crippen LogP contribution in [0.25, 0.3) is 0 Å². The SMILES string of the molecule is Cc1sc(NCC2CN(C)CCN2C)nc1C(=O)O. The van der Waals surface area contributed by atoms with Crippen LogP contribution in [0.4, 0.5) is 5.13 Å². The number of aromatic nitrogens is 1. The van der Waals surface area contributed by atoms with Crippen molar-refractivity contribution in [2.75, 3.05) is 45.6 Å². The fraction of sp³-hybridized carbons (Fsp3) is 0.667. The molecule has 0 bridgehead atoms. The largest absolute Gasteiger partial charge is 0.476 e. The van der Waals surface area contributed by atoms with E-state index in [-0.39, 0.29) is 5.69 Å². The molecule has 7 heteroatoms. The summed E-state index contributed by atoms with van der Waals surface area (Å²) in [5.74, 6) is -0.962. The zero-order chi connectivity index (χ0) is 14.0. The van der Waals surface area contributed by atoms with Gasteiger partial charge in [0, 0.05) is 37.1 Å². The number of carbonyl (C=O) groups is 1. The van der Waals surface area contributed by atoms with E-state index in [2.05, 4.69) is 34.2 Å². The van der Waals surface area contributed by atoms with E-state index in [1.165, 1.54) is 11.3 Å². The lowest BCUT2D eigenvalue weighted by molar-refractivity contribution is 0.0690. The van der Waals surface area contributed by atoms with Crippen LogP contribution in [-0.2, 0) is 0 Å². The Morgan fingerprint density at radius 2 is 2.26 bits per heavy atom. The molecular weight excluding hydrogens is 264 g/mol. The van der Waals surface area contributed by atoms with Gasteiger partial charge in [-0.25, -0.2) is 9.78 Å². The summed E-state index contributed by atoms with van der Waals surface area (Å²) in [6.45, 7) is 5.73. The van der Waals surface area contributed by atoms with Crippen LogP contribution >= 0.6 is 11.3 Å². The van der Waals surface area contributed by atoms with E-state index in [1.54, 1.807) is 6.92 Å². The van der Waals surface area contributed by atoms with E-state index in [4.69, 9.17) is 5.11 Å². The minimum absolute atomic E-state index is 0.154. The molecule has 1 saturated heterocycles. The van der Waals surface area contributed by atoms with Gasteiger partial charge in [-0.1, -0.05) is 0 Å². The number of rotatable bonds is 4. The second-order valence-corrected chi connectivity index (χ2v) is 6.21. The molecule has 2 rings (SSSR count). The number of likely N-dealkylation sites (N-methyl/N-ethyl adjacent to an activating group) is 2. The number of carboxylic acids is 1. The van der Waals surface area contributed by atoms with Crippen molar-refractivity contribution < 1.29 is 9.90 Å². The maximum absolute atomic E-state index is 10.9. The first-order chi connectivity index (χ1) is 8.97. The second-order valence-electron chi connectivity index (χ2n) is 5.01. The smallest absolute Gasteiger partial charge is 0.355 e. The standard InChI is InChI=1S/C12H20N4O2S/c1-8-10(11(17)18)14-12(19-8)13-6-9-7-15(2)4-5-16(9)3/h9H,4-7H2,1-3H3,(H,13,14)(H,17,18). The Hall–Kier alpha value is -1.18. The fourth-order valence-corrected chi connectivity index (χ4v) is 3.01. The van der Waals surface area contributed by atoms with Gasteiger partial charge in [0.2, 0.25) is 0 Å². The molecule has 6 nitrogen and oxygen atoms in total. The van der Waals surface area contributed by atoms with Gasteiger partial charge in [-0.3, -0.25) is 4.90 Å². The molecule has 0 aliphatic carbocycles. The van der Waals surface area contributed by atoms with Crippen molar-refractivity contribution in [1.29, 1.82) is 0 Å². The highest BCUT2D eigenvalue weighted by Crippen LogP contribution is 2.22. The second kappa shape index (κ2) is 5.85. The monoisotopic (exact) mass is 284 g/mol. The summed E-state index contributed by atoms with van der Waals surface area (Å²) in [4.78, 5) is 20.4. The van der Waals surface area contributed by atoms with Crippen LogP contribution in [0, 0.1) is 6.92 Å². The van der Waals surface area contributed by atoms with Crippen LogP contribution in [0.1, 0.15) is 15.4 Å². The van der Waals surface area contributed by atoms with E-state index >= 15 is 0 Å². The van der Waals surface area contributed by atoms with Gasteiger partial charge in [0.15, 0.2) is 10.8 Å². The number of nitrogens with one attached hydrogen (secondary N) is 1. The van der Waals surface area contributed by atoms with E-state index in [1.807, 2.05) is 0 Å². The number of aromatic carboxylic acids is 1. The Morgan fingerprint density at radius 3 is 2.89 bits per heavy atom. The maximum Gasteiger partial charge on any atom is 0.355 e. The van der Waals surface area contributed by atoms with Crippen LogP contribution in [0.3, 0.4) is 0 Å². The molecule has 1 unspecified atom stereocenters. The number of hydrogen-bond donors (Lipinski definition) is 2. The van der Waals surface area contributed by atoms with E-state index in [9.17, 15) is 4.79 Å². The highest BCUT2D eigenvalue weighted by atomic mass is 32.1. The van der Waals surface area contributed by atoms with Crippen molar-refractivity contribution in [3.63, 3.8) is 0 Å². The molecule has 0 amide bonds. The molecule has 106 valence electrons. The molecule has 1 aromatic heterocycles. The first-order valence-corrected chi connectivity index (χ1v) is 7.12. The number of thiazole rings is 1. The summed E-state index contributed by atoms with van der Waals surface area (Å²) in [5.41, 5.74) is 0.154. The van der Waals surface area contributed by atoms with Gasteiger partial charge in [0.1, 0.15) is 0 Å². The third-order valence-electron chi connectivity index (χ3n) is 3.47. The molecule has 2 N–H and O–H groups in total. The summed E-state index contributed by atoms with van der Waals surface area (Å²) < 4.78 is 0. The average Bonchev–Trinajstić information content (AvgIpc) is 2.72. The van der Waals surface area contributed by atoms with E-state index in [0.717, 1.165) is 31.1 Å². The normalized spacial score (nSPS) is 21.5. The average molecular weight is 284 g/mol.